The van der Waals surface area contributed by atoms with Gasteiger partial charge in [-0.1, -0.05) is 60.6 Å². The van der Waals surface area contributed by atoms with Crippen LogP contribution in [0, 0.1) is 5.92 Å². The molecule has 1 heterocycles. The molecule has 1 atom stereocenters. The lowest BCUT2D eigenvalue weighted by atomic mass is 9.79. The molecule has 1 N–H and O–H groups in total. The van der Waals surface area contributed by atoms with Gasteiger partial charge in [0.25, 0.3) is 0 Å². The Morgan fingerprint density at radius 1 is 1.27 bits per heavy atom. The first-order valence-electron chi connectivity index (χ1n) is 11.2. The fraction of sp³-hybridized carbons (Fsp3) is 0.385. The van der Waals surface area contributed by atoms with Crippen LogP contribution in [0.4, 0.5) is 0 Å². The van der Waals surface area contributed by atoms with Crippen LogP contribution in [0.3, 0.4) is 0 Å². The minimum atomic E-state index is -0.306. The predicted molar refractivity (Wildman–Crippen MR) is 136 cm³/mol. The third-order valence-corrected chi connectivity index (χ3v) is 7.99. The maximum absolute atomic E-state index is 12.8. The van der Waals surface area contributed by atoms with Gasteiger partial charge in [0.05, 0.1) is 23.1 Å². The van der Waals surface area contributed by atoms with Crippen molar-refractivity contribution in [3.8, 4) is 0 Å². The predicted octanol–water partition coefficient (Wildman–Crippen LogP) is 6.50. The van der Waals surface area contributed by atoms with Crippen LogP contribution >= 0.6 is 23.1 Å². The van der Waals surface area contributed by atoms with E-state index in [0.29, 0.717) is 36.6 Å². The average molecular weight is 486 g/mol. The van der Waals surface area contributed by atoms with Crippen molar-refractivity contribution < 1.29 is 19.5 Å². The molecule has 0 fully saturated rings. The minimum absolute atomic E-state index is 0.117. The number of ether oxygens (including phenoxy) is 2. The van der Waals surface area contributed by atoms with Crippen molar-refractivity contribution in [1.82, 2.24) is 0 Å². The highest BCUT2D eigenvalue weighted by Gasteiger charge is 2.34. The fourth-order valence-corrected chi connectivity index (χ4v) is 6.50. The summed E-state index contributed by atoms with van der Waals surface area (Å²) in [5, 5.41) is 13.6. The van der Waals surface area contributed by atoms with Crippen LogP contribution in [0.2, 0.25) is 0 Å². The van der Waals surface area contributed by atoms with Crippen LogP contribution in [-0.4, -0.2) is 37.2 Å². The zero-order valence-corrected chi connectivity index (χ0v) is 21.0. The van der Waals surface area contributed by atoms with Gasteiger partial charge >= 0.3 is 5.97 Å². The molecule has 2 aromatic rings. The molecule has 0 saturated heterocycles. The first kappa shape index (κ1) is 25.3. The van der Waals surface area contributed by atoms with E-state index in [1.54, 1.807) is 18.9 Å². The van der Waals surface area contributed by atoms with Crippen LogP contribution < -0.4 is 0 Å². The molecular formula is C26H31NO4S2. The van der Waals surface area contributed by atoms with Gasteiger partial charge in [-0.2, -0.15) is 0 Å². The number of hydrogen-bond donors (Lipinski definition) is 1. The van der Waals surface area contributed by atoms with Crippen LogP contribution in [0.15, 0.2) is 63.5 Å². The monoisotopic (exact) mass is 485 g/mol. The van der Waals surface area contributed by atoms with Gasteiger partial charge in [-0.3, -0.25) is 0 Å². The number of fused-ring (bicyclic) bond motifs is 1. The number of carbonyl (C=O) groups is 1. The quantitative estimate of drug-likeness (QED) is 0.137. The van der Waals surface area contributed by atoms with Crippen molar-refractivity contribution in [3.05, 3.63) is 75.7 Å². The van der Waals surface area contributed by atoms with Crippen molar-refractivity contribution in [3.63, 3.8) is 0 Å². The molecule has 1 aromatic carbocycles. The molecule has 0 saturated carbocycles. The van der Waals surface area contributed by atoms with Gasteiger partial charge in [0.1, 0.15) is 4.88 Å². The van der Waals surface area contributed by atoms with E-state index in [1.165, 1.54) is 22.5 Å². The van der Waals surface area contributed by atoms with Gasteiger partial charge in [-0.15, -0.1) is 23.1 Å². The number of thiophene rings is 1. The summed E-state index contributed by atoms with van der Waals surface area (Å²) in [6, 6.07) is 10.2. The summed E-state index contributed by atoms with van der Waals surface area (Å²) >= 11 is 3.12. The third kappa shape index (κ3) is 6.37. The first-order chi connectivity index (χ1) is 16.1. The van der Waals surface area contributed by atoms with E-state index in [-0.39, 0.29) is 11.9 Å². The Morgan fingerprint density at radius 2 is 2.06 bits per heavy atom. The Kier molecular flexibility index (Phi) is 9.78. The molecule has 176 valence electrons. The van der Waals surface area contributed by atoms with Crippen molar-refractivity contribution in [2.75, 3.05) is 20.3 Å². The topological polar surface area (TPSA) is 68.1 Å². The molecular weight excluding hydrogens is 454 g/mol. The summed E-state index contributed by atoms with van der Waals surface area (Å²) in [4.78, 5) is 13.5. The minimum Gasteiger partial charge on any atom is -0.462 e. The molecule has 1 unspecified atom stereocenters. The summed E-state index contributed by atoms with van der Waals surface area (Å²) in [6.07, 6.45) is 8.48. The zero-order chi connectivity index (χ0) is 23.6. The smallest absolute Gasteiger partial charge is 0.348 e. The summed E-state index contributed by atoms with van der Waals surface area (Å²) in [7, 11) is 1.67. The second kappa shape index (κ2) is 12.8. The summed E-state index contributed by atoms with van der Waals surface area (Å²) in [6.45, 7) is 4.78. The zero-order valence-electron chi connectivity index (χ0n) is 19.4. The average Bonchev–Trinajstić information content (AvgIpc) is 3.21. The number of oxime groups is 1. The highest BCUT2D eigenvalue weighted by Crippen LogP contribution is 2.44. The van der Waals surface area contributed by atoms with Crippen molar-refractivity contribution in [2.45, 2.75) is 43.1 Å². The summed E-state index contributed by atoms with van der Waals surface area (Å²) in [5.74, 6) is 0.587. The Bertz CT molecular complexity index is 1020. The van der Waals surface area contributed by atoms with E-state index in [2.05, 4.69) is 36.4 Å². The van der Waals surface area contributed by atoms with E-state index in [0.717, 1.165) is 27.5 Å². The Morgan fingerprint density at radius 3 is 2.73 bits per heavy atom. The lowest BCUT2D eigenvalue weighted by Crippen LogP contribution is -2.23. The molecule has 7 heteroatoms. The van der Waals surface area contributed by atoms with Crippen molar-refractivity contribution in [2.24, 2.45) is 11.1 Å². The number of esters is 1. The van der Waals surface area contributed by atoms with E-state index in [4.69, 9.17) is 9.47 Å². The molecule has 0 amide bonds. The molecule has 3 rings (SSSR count). The van der Waals surface area contributed by atoms with Crippen molar-refractivity contribution in [1.29, 1.82) is 0 Å². The largest absolute Gasteiger partial charge is 0.462 e. The molecule has 33 heavy (non-hydrogen) atoms. The molecule has 0 bridgehead atoms. The van der Waals surface area contributed by atoms with Crippen LogP contribution in [0.5, 0.6) is 0 Å². The second-order valence-electron chi connectivity index (χ2n) is 7.69. The highest BCUT2D eigenvalue weighted by atomic mass is 32.2. The maximum atomic E-state index is 12.8. The molecule has 1 aliphatic rings. The molecule has 0 spiro atoms. The Balaban J connectivity index is 1.99. The van der Waals surface area contributed by atoms with Gasteiger partial charge in [-0.25, -0.2) is 4.79 Å². The normalized spacial score (nSPS) is 17.5. The van der Waals surface area contributed by atoms with Gasteiger partial charge < -0.3 is 14.7 Å². The Labute approximate surface area is 204 Å². The van der Waals surface area contributed by atoms with Gasteiger partial charge in [-0.05, 0) is 42.4 Å². The number of hydrogen-bond acceptors (Lipinski definition) is 7. The van der Waals surface area contributed by atoms with E-state index >= 15 is 0 Å². The Hall–Kier alpha value is -2.35. The molecule has 0 aliphatic heterocycles. The number of thioether (sulfide) groups is 1. The van der Waals surface area contributed by atoms with E-state index in [9.17, 15) is 10.0 Å². The van der Waals surface area contributed by atoms with Crippen LogP contribution in [0.1, 0.15) is 53.1 Å². The number of benzene rings is 1. The number of allylic oxidation sites excluding steroid dienone is 3. The number of nitrogens with zero attached hydrogens (tertiary/aromatic N) is 1. The van der Waals surface area contributed by atoms with Crippen LogP contribution in [0.25, 0.3) is 0 Å². The number of rotatable bonds is 10. The molecule has 1 aromatic heterocycles. The number of carbonyl (C=O) groups excluding carboxylic acids is 1. The molecule has 5 nitrogen and oxygen atoms in total. The SMILES string of the molecule is CC/C=C(\C=C/COC)C1C/C(=N\O)c2c(SCc3ccccc3)sc(C(=O)OCC)c2C1. The van der Waals surface area contributed by atoms with E-state index < -0.39 is 0 Å². The van der Waals surface area contributed by atoms with Crippen molar-refractivity contribution >= 4 is 34.8 Å². The van der Waals surface area contributed by atoms with Crippen LogP contribution in [-0.2, 0) is 21.6 Å². The van der Waals surface area contributed by atoms with Gasteiger partial charge in [0, 0.05) is 24.8 Å². The van der Waals surface area contributed by atoms with Gasteiger partial charge in [0.2, 0.25) is 0 Å². The maximum Gasteiger partial charge on any atom is 0.348 e. The van der Waals surface area contributed by atoms with E-state index in [1.807, 2.05) is 31.2 Å². The summed E-state index contributed by atoms with van der Waals surface area (Å²) in [5.41, 5.74) is 4.83. The lowest BCUT2D eigenvalue weighted by molar-refractivity contribution is 0.0530. The number of methoxy groups -OCH3 is 1. The molecule has 1 aliphatic carbocycles. The first-order valence-corrected chi connectivity index (χ1v) is 13.0. The third-order valence-electron chi connectivity index (χ3n) is 5.43. The highest BCUT2D eigenvalue weighted by molar-refractivity contribution is 8.00. The lowest BCUT2D eigenvalue weighted by Gasteiger charge is -2.26. The fourth-order valence-electron chi connectivity index (χ4n) is 3.98. The summed E-state index contributed by atoms with van der Waals surface area (Å²) < 4.78 is 11.5. The molecule has 0 radical (unpaired) electrons. The standard InChI is InChI=1S/C26H31NO4S2/c1-4-10-19(13-9-14-30-3)20-15-21-23(22(16-20)27-29)26(33-24(21)25(28)31-5-2)32-17-18-11-7-6-8-12-18/h6-13,20,29H,4-5,14-17H2,1-3H3/b13-9-,19-10+,27-22+. The van der Waals surface area contributed by atoms with Gasteiger partial charge in [0.15, 0.2) is 0 Å². The second-order valence-corrected chi connectivity index (χ2v) is 9.95.